The van der Waals surface area contributed by atoms with Crippen molar-refractivity contribution < 1.29 is 4.92 Å². The fourth-order valence-electron chi connectivity index (χ4n) is 1.12. The number of nitrogens with one attached hydrogen (secondary N) is 2. The molecule has 2 N–H and O–H groups in total. The van der Waals surface area contributed by atoms with Gasteiger partial charge in [-0.25, -0.2) is 5.43 Å². The number of aromatic amines is 1. The molecule has 0 radical (unpaired) electrons. The van der Waals surface area contributed by atoms with Gasteiger partial charge < -0.3 is 0 Å². The molecule has 0 fully saturated rings. The number of nitro benzene ring substituents is 1. The van der Waals surface area contributed by atoms with Crippen LogP contribution in [0, 0.1) is 10.1 Å². The van der Waals surface area contributed by atoms with Crippen LogP contribution in [0.4, 0.5) is 11.6 Å². The maximum absolute atomic E-state index is 10.7. The van der Waals surface area contributed by atoms with Gasteiger partial charge in [-0.3, -0.25) is 10.1 Å². The van der Waals surface area contributed by atoms with Crippen LogP contribution in [0.25, 0.3) is 0 Å². The molecule has 0 unspecified atom stereocenters. The molecule has 9 nitrogen and oxygen atoms in total. The van der Waals surface area contributed by atoms with E-state index in [4.69, 9.17) is 0 Å². The first-order valence-corrected chi connectivity index (χ1v) is 5.42. The summed E-state index contributed by atoms with van der Waals surface area (Å²) in [6, 6.07) is 4.65. The molecule has 0 spiro atoms. The van der Waals surface area contributed by atoms with E-state index < -0.39 is 4.92 Å². The predicted molar refractivity (Wildman–Crippen MR) is 66.2 cm³/mol. The molecule has 10 heteroatoms. The Morgan fingerprint density at radius 2 is 2.39 bits per heavy atom. The monoisotopic (exact) mass is 311 g/mol. The third kappa shape index (κ3) is 2.85. The quantitative estimate of drug-likeness (QED) is 0.498. The van der Waals surface area contributed by atoms with Crippen molar-refractivity contribution in [3.63, 3.8) is 0 Å². The maximum Gasteiger partial charge on any atom is 0.284 e. The van der Waals surface area contributed by atoms with Gasteiger partial charge in [-0.05, 0) is 27.2 Å². The van der Waals surface area contributed by atoms with E-state index in [1.54, 1.807) is 12.1 Å². The maximum atomic E-state index is 10.7. The number of hydrogen-bond donors (Lipinski definition) is 2. The Balaban J connectivity index is 2.12. The molecule has 2 aromatic rings. The Bertz CT molecular complexity index is 583. The van der Waals surface area contributed by atoms with Gasteiger partial charge in [0.15, 0.2) is 0 Å². The molecule has 0 atom stereocenters. The predicted octanol–water partition coefficient (Wildman–Crippen LogP) is 1.32. The van der Waals surface area contributed by atoms with Crippen LogP contribution >= 0.6 is 15.9 Å². The van der Waals surface area contributed by atoms with E-state index in [-0.39, 0.29) is 11.6 Å². The van der Waals surface area contributed by atoms with Crippen molar-refractivity contribution >= 4 is 33.8 Å². The Morgan fingerprint density at radius 1 is 1.56 bits per heavy atom. The van der Waals surface area contributed by atoms with E-state index >= 15 is 0 Å². The van der Waals surface area contributed by atoms with Gasteiger partial charge in [0, 0.05) is 11.6 Å². The smallest absolute Gasteiger partial charge is 0.258 e. The Labute approximate surface area is 109 Å². The molecule has 0 aliphatic rings. The van der Waals surface area contributed by atoms with Crippen LogP contribution in [0.3, 0.4) is 0 Å². The highest BCUT2D eigenvalue weighted by Crippen LogP contribution is 2.24. The summed E-state index contributed by atoms with van der Waals surface area (Å²) < 4.78 is 0.413. The summed E-state index contributed by atoms with van der Waals surface area (Å²) in [5.41, 5.74) is 3.05. The van der Waals surface area contributed by atoms with Crippen LogP contribution in [0.15, 0.2) is 27.8 Å². The number of hydrazone groups is 1. The lowest BCUT2D eigenvalue weighted by molar-refractivity contribution is -0.385. The molecule has 1 heterocycles. The molecule has 0 saturated heterocycles. The van der Waals surface area contributed by atoms with Crippen LogP contribution in [-0.2, 0) is 0 Å². The van der Waals surface area contributed by atoms with E-state index in [1.807, 2.05) is 0 Å². The van der Waals surface area contributed by atoms with Crippen molar-refractivity contribution in [2.75, 3.05) is 5.43 Å². The topological polar surface area (TPSA) is 122 Å². The van der Waals surface area contributed by atoms with Crippen molar-refractivity contribution in [2.24, 2.45) is 5.10 Å². The van der Waals surface area contributed by atoms with Gasteiger partial charge in [-0.2, -0.15) is 10.3 Å². The van der Waals surface area contributed by atoms with Gasteiger partial charge in [0.25, 0.3) is 11.6 Å². The standard InChI is InChI=1S/C8H6BrN7O2/c9-6-2-1-5(3-7(6)16(17)18)4-10-11-8-12-14-15-13-8/h1-4H,(H2,11,12,13,14,15)/b10-4+. The number of nitrogens with zero attached hydrogens (tertiary/aromatic N) is 5. The molecule has 0 bridgehead atoms. The van der Waals surface area contributed by atoms with Gasteiger partial charge in [0.05, 0.1) is 15.6 Å². The van der Waals surface area contributed by atoms with E-state index in [1.165, 1.54) is 12.3 Å². The molecular formula is C8H6BrN7O2. The number of halogens is 1. The molecule has 0 aliphatic heterocycles. The number of anilines is 1. The first kappa shape index (κ1) is 12.1. The molecule has 1 aromatic carbocycles. The lowest BCUT2D eigenvalue weighted by atomic mass is 10.2. The molecule has 2 rings (SSSR count). The summed E-state index contributed by atoms with van der Waals surface area (Å²) in [5.74, 6) is 0.206. The Morgan fingerprint density at radius 3 is 3.06 bits per heavy atom. The number of nitro groups is 1. The molecule has 18 heavy (non-hydrogen) atoms. The highest BCUT2D eigenvalue weighted by Gasteiger charge is 2.11. The van der Waals surface area contributed by atoms with Crippen LogP contribution in [0.2, 0.25) is 0 Å². The molecule has 1 aromatic heterocycles. The van der Waals surface area contributed by atoms with Gasteiger partial charge in [0.2, 0.25) is 0 Å². The number of H-pyrrole nitrogens is 1. The minimum absolute atomic E-state index is 0.0292. The number of aromatic nitrogens is 4. The average Bonchev–Trinajstić information content (AvgIpc) is 2.84. The van der Waals surface area contributed by atoms with Gasteiger partial charge in [-0.15, -0.1) is 5.10 Å². The van der Waals surface area contributed by atoms with Crippen LogP contribution in [-0.4, -0.2) is 31.8 Å². The van der Waals surface area contributed by atoms with Crippen molar-refractivity contribution in [1.82, 2.24) is 20.6 Å². The zero-order valence-electron chi connectivity index (χ0n) is 8.74. The molecule has 0 saturated carbocycles. The minimum atomic E-state index is -0.478. The summed E-state index contributed by atoms with van der Waals surface area (Å²) in [4.78, 5) is 10.2. The molecule has 92 valence electrons. The first-order valence-electron chi connectivity index (χ1n) is 4.63. The van der Waals surface area contributed by atoms with Gasteiger partial charge in [0.1, 0.15) is 0 Å². The summed E-state index contributed by atoms with van der Waals surface area (Å²) in [5, 5.41) is 27.3. The highest BCUT2D eigenvalue weighted by atomic mass is 79.9. The van der Waals surface area contributed by atoms with Crippen LogP contribution < -0.4 is 5.43 Å². The molecular weight excluding hydrogens is 306 g/mol. The fraction of sp³-hybridized carbons (Fsp3) is 0. The number of tetrazole rings is 1. The SMILES string of the molecule is O=[N+]([O-])c1cc(/C=N/Nc2nn[nH]n2)ccc1Br. The van der Waals surface area contributed by atoms with Gasteiger partial charge in [-0.1, -0.05) is 11.2 Å². The average molecular weight is 312 g/mol. The van der Waals surface area contributed by atoms with E-state index in [9.17, 15) is 10.1 Å². The summed E-state index contributed by atoms with van der Waals surface area (Å²) in [6.45, 7) is 0. The largest absolute Gasteiger partial charge is 0.284 e. The Kier molecular flexibility index (Phi) is 3.57. The van der Waals surface area contributed by atoms with Crippen molar-refractivity contribution in [3.8, 4) is 0 Å². The van der Waals surface area contributed by atoms with Gasteiger partial charge >= 0.3 is 0 Å². The second-order valence-electron chi connectivity index (χ2n) is 3.07. The van der Waals surface area contributed by atoms with E-state index in [0.29, 0.717) is 10.0 Å². The summed E-state index contributed by atoms with van der Waals surface area (Å²) >= 11 is 3.10. The zero-order valence-corrected chi connectivity index (χ0v) is 10.3. The summed E-state index contributed by atoms with van der Waals surface area (Å²) in [7, 11) is 0. The molecule has 0 aliphatic carbocycles. The second kappa shape index (κ2) is 5.31. The minimum Gasteiger partial charge on any atom is -0.258 e. The normalized spacial score (nSPS) is 10.7. The lowest BCUT2D eigenvalue weighted by Crippen LogP contribution is -1.94. The zero-order chi connectivity index (χ0) is 13.0. The van der Waals surface area contributed by atoms with Crippen molar-refractivity contribution in [2.45, 2.75) is 0 Å². The van der Waals surface area contributed by atoms with Crippen LogP contribution in [0.5, 0.6) is 0 Å². The molecule has 0 amide bonds. The fourth-order valence-corrected chi connectivity index (χ4v) is 1.52. The second-order valence-corrected chi connectivity index (χ2v) is 3.93. The van der Waals surface area contributed by atoms with Crippen molar-refractivity contribution in [1.29, 1.82) is 0 Å². The van der Waals surface area contributed by atoms with Crippen LogP contribution in [0.1, 0.15) is 5.56 Å². The lowest BCUT2D eigenvalue weighted by Gasteiger charge is -1.97. The third-order valence-electron chi connectivity index (χ3n) is 1.89. The first-order chi connectivity index (χ1) is 8.66. The van der Waals surface area contributed by atoms with Crippen molar-refractivity contribution in [3.05, 3.63) is 38.3 Å². The highest BCUT2D eigenvalue weighted by molar-refractivity contribution is 9.10. The summed E-state index contributed by atoms with van der Waals surface area (Å²) in [6.07, 6.45) is 1.41. The third-order valence-corrected chi connectivity index (χ3v) is 2.56. The number of benzene rings is 1. The Hall–Kier alpha value is -2.36. The number of rotatable bonds is 4. The van der Waals surface area contributed by atoms with E-state index in [2.05, 4.69) is 47.1 Å². The van der Waals surface area contributed by atoms with E-state index in [0.717, 1.165) is 0 Å². The number of hydrogen-bond acceptors (Lipinski definition) is 7.